The highest BCUT2D eigenvalue weighted by Crippen LogP contribution is 2.43. The maximum absolute atomic E-state index is 6.62. The molecule has 148 valence electrons. The van der Waals surface area contributed by atoms with Crippen LogP contribution in [0.25, 0.3) is 43.8 Å². The molecule has 0 saturated heterocycles. The molecule has 6 aromatic rings. The number of aryl methyl sites for hydroxylation is 1. The van der Waals surface area contributed by atoms with Gasteiger partial charge >= 0.3 is 0 Å². The molecule has 0 saturated carbocycles. The summed E-state index contributed by atoms with van der Waals surface area (Å²) in [6, 6.07) is 36.0. The molecule has 6 rings (SSSR count). The first-order valence-electron chi connectivity index (χ1n) is 10.5. The lowest BCUT2D eigenvalue weighted by Crippen LogP contribution is -1.90. The average Bonchev–Trinajstić information content (AvgIpc) is 3.17. The normalized spacial score (nSPS) is 11.4. The second-order valence-electron chi connectivity index (χ2n) is 7.99. The van der Waals surface area contributed by atoms with Crippen LogP contribution >= 0.6 is 0 Å². The van der Waals surface area contributed by atoms with E-state index in [1.54, 1.807) is 0 Å². The van der Waals surface area contributed by atoms with Crippen LogP contribution in [0.1, 0.15) is 5.56 Å². The summed E-state index contributed by atoms with van der Waals surface area (Å²) >= 11 is 0. The molecule has 1 N–H and O–H groups in total. The molecule has 1 heterocycles. The van der Waals surface area contributed by atoms with Crippen LogP contribution in [0.15, 0.2) is 108 Å². The van der Waals surface area contributed by atoms with Gasteiger partial charge in [-0.05, 0) is 53.1 Å². The Morgan fingerprint density at radius 3 is 2.26 bits per heavy atom. The van der Waals surface area contributed by atoms with E-state index in [1.807, 2.05) is 6.07 Å². The fraction of sp³-hybridized carbons (Fsp3) is 0.0345. The zero-order valence-corrected chi connectivity index (χ0v) is 17.2. The van der Waals surface area contributed by atoms with Gasteiger partial charge in [0.2, 0.25) is 0 Å². The summed E-state index contributed by atoms with van der Waals surface area (Å²) in [5.74, 6) is 0. The molecule has 0 radical (unpaired) electrons. The zero-order valence-electron chi connectivity index (χ0n) is 17.2. The molecule has 31 heavy (non-hydrogen) atoms. The molecule has 0 aliphatic heterocycles. The van der Waals surface area contributed by atoms with Gasteiger partial charge in [-0.15, -0.1) is 0 Å². The van der Waals surface area contributed by atoms with Crippen LogP contribution in [-0.4, -0.2) is 0 Å². The van der Waals surface area contributed by atoms with Gasteiger partial charge in [0.25, 0.3) is 0 Å². The molecule has 0 fully saturated rings. The second kappa shape index (κ2) is 7.03. The third kappa shape index (κ3) is 2.96. The number of benzene rings is 5. The van der Waals surface area contributed by atoms with Gasteiger partial charge in [-0.25, -0.2) is 0 Å². The van der Waals surface area contributed by atoms with Crippen molar-refractivity contribution < 1.29 is 4.42 Å². The SMILES string of the molecule is Cc1cccc(Nc2cccc3c2oc2c(-c4ccccc4)c4ccccc4cc23)c1. The Morgan fingerprint density at radius 2 is 1.39 bits per heavy atom. The Hall–Kier alpha value is -4.04. The van der Waals surface area contributed by atoms with Gasteiger partial charge in [0, 0.05) is 22.0 Å². The van der Waals surface area contributed by atoms with Gasteiger partial charge in [0.05, 0.1) is 5.69 Å². The Balaban J connectivity index is 1.67. The Bertz CT molecular complexity index is 1560. The first-order chi connectivity index (χ1) is 15.3. The van der Waals surface area contributed by atoms with Gasteiger partial charge in [0.15, 0.2) is 5.58 Å². The summed E-state index contributed by atoms with van der Waals surface area (Å²) in [5.41, 5.74) is 7.37. The number of nitrogens with one attached hydrogen (secondary N) is 1. The Labute approximate surface area is 180 Å². The van der Waals surface area contributed by atoms with Crippen LogP contribution in [-0.2, 0) is 0 Å². The van der Waals surface area contributed by atoms with E-state index in [0.717, 1.165) is 44.4 Å². The van der Waals surface area contributed by atoms with Gasteiger partial charge in [-0.3, -0.25) is 0 Å². The molecule has 0 atom stereocenters. The van der Waals surface area contributed by atoms with Gasteiger partial charge in [0.1, 0.15) is 5.58 Å². The number of hydrogen-bond donors (Lipinski definition) is 1. The molecule has 2 nitrogen and oxygen atoms in total. The summed E-state index contributed by atoms with van der Waals surface area (Å²) in [6.45, 7) is 2.10. The van der Waals surface area contributed by atoms with E-state index in [0.29, 0.717) is 0 Å². The molecular weight excluding hydrogens is 378 g/mol. The number of rotatable bonds is 3. The van der Waals surface area contributed by atoms with Crippen molar-refractivity contribution >= 4 is 44.1 Å². The summed E-state index contributed by atoms with van der Waals surface area (Å²) in [5, 5.41) is 8.23. The minimum absolute atomic E-state index is 0.881. The predicted octanol–water partition coefficient (Wildman–Crippen LogP) is 8.46. The number of fused-ring (bicyclic) bond motifs is 4. The average molecular weight is 399 g/mol. The molecule has 0 spiro atoms. The molecule has 0 amide bonds. The van der Waals surface area contributed by atoms with E-state index < -0.39 is 0 Å². The number of furan rings is 1. The summed E-state index contributed by atoms with van der Waals surface area (Å²) < 4.78 is 6.62. The summed E-state index contributed by atoms with van der Waals surface area (Å²) in [7, 11) is 0. The smallest absolute Gasteiger partial charge is 0.158 e. The predicted molar refractivity (Wildman–Crippen MR) is 131 cm³/mol. The van der Waals surface area contributed by atoms with Crippen molar-refractivity contribution in [2.45, 2.75) is 6.92 Å². The third-order valence-corrected chi connectivity index (χ3v) is 5.87. The number of hydrogen-bond acceptors (Lipinski definition) is 2. The second-order valence-corrected chi connectivity index (χ2v) is 7.99. The molecule has 5 aromatic carbocycles. The Morgan fingerprint density at radius 1 is 0.613 bits per heavy atom. The van der Waals surface area contributed by atoms with Crippen LogP contribution in [0.5, 0.6) is 0 Å². The van der Waals surface area contributed by atoms with E-state index in [-0.39, 0.29) is 0 Å². The molecule has 0 aliphatic rings. The first-order valence-corrected chi connectivity index (χ1v) is 10.5. The van der Waals surface area contributed by atoms with E-state index in [4.69, 9.17) is 4.42 Å². The molecule has 0 bridgehead atoms. The molecule has 0 aliphatic carbocycles. The minimum atomic E-state index is 0.881. The lowest BCUT2D eigenvalue weighted by molar-refractivity contribution is 0.671. The van der Waals surface area contributed by atoms with Crippen LogP contribution in [0.4, 0.5) is 11.4 Å². The lowest BCUT2D eigenvalue weighted by atomic mass is 9.95. The maximum atomic E-state index is 6.62. The van der Waals surface area contributed by atoms with Crippen LogP contribution < -0.4 is 5.32 Å². The summed E-state index contributed by atoms with van der Waals surface area (Å²) in [6.07, 6.45) is 0. The molecule has 1 aromatic heterocycles. The minimum Gasteiger partial charge on any atom is -0.453 e. The van der Waals surface area contributed by atoms with E-state index in [1.165, 1.54) is 16.3 Å². The standard InChI is InChI=1S/C29H21NO/c1-19-9-7-13-22(17-19)30-26-16-8-15-24-25-18-21-12-5-6-14-23(21)27(29(25)31-28(24)26)20-10-3-2-4-11-20/h2-18,30H,1H3. The Kier molecular flexibility index (Phi) is 4.03. The summed E-state index contributed by atoms with van der Waals surface area (Å²) in [4.78, 5) is 0. The van der Waals surface area contributed by atoms with Crippen molar-refractivity contribution in [3.05, 3.63) is 109 Å². The van der Waals surface area contributed by atoms with Gasteiger partial charge in [-0.1, -0.05) is 78.9 Å². The highest BCUT2D eigenvalue weighted by Gasteiger charge is 2.17. The van der Waals surface area contributed by atoms with Crippen molar-refractivity contribution in [2.75, 3.05) is 5.32 Å². The van der Waals surface area contributed by atoms with E-state index in [9.17, 15) is 0 Å². The molecule has 0 unspecified atom stereocenters. The van der Waals surface area contributed by atoms with Gasteiger partial charge in [-0.2, -0.15) is 0 Å². The highest BCUT2D eigenvalue weighted by atomic mass is 16.3. The van der Waals surface area contributed by atoms with E-state index >= 15 is 0 Å². The number of anilines is 2. The highest BCUT2D eigenvalue weighted by molar-refractivity contribution is 6.19. The van der Waals surface area contributed by atoms with Crippen molar-refractivity contribution in [3.63, 3.8) is 0 Å². The van der Waals surface area contributed by atoms with Gasteiger partial charge < -0.3 is 9.73 Å². The maximum Gasteiger partial charge on any atom is 0.158 e. The van der Waals surface area contributed by atoms with Crippen molar-refractivity contribution in [1.29, 1.82) is 0 Å². The number of para-hydroxylation sites is 1. The van der Waals surface area contributed by atoms with E-state index in [2.05, 4.69) is 109 Å². The van der Waals surface area contributed by atoms with Crippen molar-refractivity contribution in [2.24, 2.45) is 0 Å². The monoisotopic (exact) mass is 399 g/mol. The molecular formula is C29H21NO. The molecule has 2 heteroatoms. The zero-order chi connectivity index (χ0) is 20.8. The van der Waals surface area contributed by atoms with Crippen molar-refractivity contribution in [1.82, 2.24) is 0 Å². The van der Waals surface area contributed by atoms with Crippen LogP contribution in [0, 0.1) is 6.92 Å². The fourth-order valence-electron chi connectivity index (χ4n) is 4.46. The lowest BCUT2D eigenvalue weighted by Gasteiger charge is -2.08. The fourth-order valence-corrected chi connectivity index (χ4v) is 4.46. The topological polar surface area (TPSA) is 25.2 Å². The largest absolute Gasteiger partial charge is 0.453 e. The quantitative estimate of drug-likeness (QED) is 0.323. The van der Waals surface area contributed by atoms with Crippen molar-refractivity contribution in [3.8, 4) is 11.1 Å². The van der Waals surface area contributed by atoms with Crippen LogP contribution in [0.3, 0.4) is 0 Å². The third-order valence-electron chi connectivity index (χ3n) is 5.87. The first kappa shape index (κ1) is 17.8. The van der Waals surface area contributed by atoms with Crippen LogP contribution in [0.2, 0.25) is 0 Å².